The Morgan fingerprint density at radius 3 is 2.35 bits per heavy atom. The lowest BCUT2D eigenvalue weighted by Gasteiger charge is -2.22. The third-order valence-corrected chi connectivity index (χ3v) is 4.53. The molecule has 1 aromatic rings. The average Bonchev–Trinajstić information content (AvgIpc) is 2.52. The Morgan fingerprint density at radius 1 is 1.19 bits per heavy atom. The Bertz CT molecular complexity index is 604. The smallest absolute Gasteiger partial charge is 0.270 e. The summed E-state index contributed by atoms with van der Waals surface area (Å²) in [7, 11) is 0. The minimum atomic E-state index is -2.83. The molecule has 0 saturated heterocycles. The topological polar surface area (TPSA) is 72.2 Å². The molecular formula is C20H30F2O3S. The Kier molecular flexibility index (Phi) is 12.2. The van der Waals surface area contributed by atoms with Crippen molar-refractivity contribution in [2.24, 2.45) is 5.92 Å². The van der Waals surface area contributed by atoms with E-state index in [-0.39, 0.29) is 23.9 Å². The fourth-order valence-electron chi connectivity index (χ4n) is 2.43. The highest BCUT2D eigenvalue weighted by Gasteiger charge is 2.23. The van der Waals surface area contributed by atoms with Crippen molar-refractivity contribution in [2.75, 3.05) is 18.6 Å². The van der Waals surface area contributed by atoms with Gasteiger partial charge in [0.05, 0.1) is 0 Å². The number of hydrogen-bond donors (Lipinski definition) is 0. The van der Waals surface area contributed by atoms with Crippen LogP contribution in [-0.2, 0) is 5.92 Å². The van der Waals surface area contributed by atoms with Crippen LogP contribution in [0.2, 0.25) is 0 Å². The molecule has 0 bridgehead atoms. The van der Waals surface area contributed by atoms with E-state index >= 15 is 0 Å². The third kappa shape index (κ3) is 7.32. The van der Waals surface area contributed by atoms with Crippen molar-refractivity contribution in [1.29, 1.82) is 0 Å². The van der Waals surface area contributed by atoms with Gasteiger partial charge < -0.3 is 15.7 Å². The Labute approximate surface area is 159 Å². The maximum absolute atomic E-state index is 13.2. The molecule has 4 N–H and O–H groups in total. The van der Waals surface area contributed by atoms with Gasteiger partial charge in [-0.2, -0.15) is 11.8 Å². The summed E-state index contributed by atoms with van der Waals surface area (Å²) in [5.41, 5.74) is 2.13. The van der Waals surface area contributed by atoms with Crippen molar-refractivity contribution in [3.8, 4) is 5.75 Å². The fraction of sp³-hybridized carbons (Fsp3) is 0.400. The van der Waals surface area contributed by atoms with E-state index in [2.05, 4.69) is 18.9 Å². The van der Waals surface area contributed by atoms with Crippen LogP contribution in [0.4, 0.5) is 8.78 Å². The molecule has 3 nitrogen and oxygen atoms in total. The maximum Gasteiger partial charge on any atom is 0.270 e. The predicted molar refractivity (Wildman–Crippen MR) is 108 cm³/mol. The highest BCUT2D eigenvalue weighted by atomic mass is 32.2. The standard InChI is InChI=1S/C19H22F2OS.CH4.2H2O/c1-14-15(11-12-23-3)5-4-6-16(14)13-22-18-9-7-17(8-10-18)19(2,20)21;;;/h4-10,15H,1,11-13H2,2-3H3;1H4;2*1H2. The summed E-state index contributed by atoms with van der Waals surface area (Å²) in [5.74, 6) is -0.794. The van der Waals surface area contributed by atoms with Crippen LogP contribution in [0.25, 0.3) is 0 Å². The second kappa shape index (κ2) is 11.9. The van der Waals surface area contributed by atoms with Crippen molar-refractivity contribution >= 4 is 11.8 Å². The first-order valence-corrected chi connectivity index (χ1v) is 8.98. The molecule has 1 unspecified atom stereocenters. The molecule has 0 spiro atoms. The molecule has 1 atom stereocenters. The van der Waals surface area contributed by atoms with Gasteiger partial charge in [0.15, 0.2) is 0 Å². The molecule has 1 aliphatic rings. The molecule has 0 saturated carbocycles. The van der Waals surface area contributed by atoms with Gasteiger partial charge in [-0.1, -0.05) is 32.2 Å². The van der Waals surface area contributed by atoms with E-state index in [1.165, 1.54) is 12.1 Å². The largest absolute Gasteiger partial charge is 0.489 e. The monoisotopic (exact) mass is 388 g/mol. The zero-order chi connectivity index (χ0) is 16.9. The first-order valence-electron chi connectivity index (χ1n) is 7.58. The van der Waals surface area contributed by atoms with Gasteiger partial charge >= 0.3 is 0 Å². The number of rotatable bonds is 7. The number of thioether (sulfide) groups is 1. The number of halogens is 2. The van der Waals surface area contributed by atoms with Gasteiger partial charge in [-0.15, -0.1) is 0 Å². The SMILES string of the molecule is C.C=C1C(COc2ccc(C(C)(F)F)cc2)=CC=CC1CCSC.O.O. The van der Waals surface area contributed by atoms with Crippen LogP contribution in [0.5, 0.6) is 5.75 Å². The third-order valence-electron chi connectivity index (χ3n) is 3.89. The van der Waals surface area contributed by atoms with Crippen LogP contribution in [0.1, 0.15) is 26.3 Å². The second-order valence-electron chi connectivity index (χ2n) is 5.69. The highest BCUT2D eigenvalue weighted by Crippen LogP contribution is 2.30. The quantitative estimate of drug-likeness (QED) is 0.685. The molecule has 0 radical (unpaired) electrons. The molecule has 148 valence electrons. The number of alkyl halides is 2. The summed E-state index contributed by atoms with van der Waals surface area (Å²) in [4.78, 5) is 0. The summed E-state index contributed by atoms with van der Waals surface area (Å²) in [6, 6.07) is 5.97. The van der Waals surface area contributed by atoms with Gasteiger partial charge in [0, 0.05) is 18.4 Å². The Hall–Kier alpha value is -1.63. The van der Waals surface area contributed by atoms with Gasteiger partial charge in [0.2, 0.25) is 0 Å². The van der Waals surface area contributed by atoms with E-state index in [0.29, 0.717) is 18.3 Å². The Balaban J connectivity index is 0. The molecule has 0 amide bonds. The van der Waals surface area contributed by atoms with Crippen molar-refractivity contribution in [2.45, 2.75) is 26.7 Å². The van der Waals surface area contributed by atoms with Crippen LogP contribution in [0, 0.1) is 5.92 Å². The second-order valence-corrected chi connectivity index (χ2v) is 6.68. The van der Waals surface area contributed by atoms with Gasteiger partial charge in [0.1, 0.15) is 12.4 Å². The summed E-state index contributed by atoms with van der Waals surface area (Å²) in [6.45, 7) is 5.47. The highest BCUT2D eigenvalue weighted by molar-refractivity contribution is 7.98. The predicted octanol–water partition coefficient (Wildman–Crippen LogP) is 4.59. The Morgan fingerprint density at radius 2 is 1.81 bits per heavy atom. The molecule has 0 aromatic heterocycles. The van der Waals surface area contributed by atoms with Crippen LogP contribution in [0.15, 0.2) is 60.2 Å². The van der Waals surface area contributed by atoms with Crippen LogP contribution in [-0.4, -0.2) is 29.6 Å². The molecule has 6 heteroatoms. The molecule has 1 aliphatic carbocycles. The first kappa shape index (κ1) is 26.6. The van der Waals surface area contributed by atoms with Crippen molar-refractivity contribution in [3.63, 3.8) is 0 Å². The van der Waals surface area contributed by atoms with E-state index in [9.17, 15) is 8.78 Å². The van der Waals surface area contributed by atoms with Crippen LogP contribution in [0.3, 0.4) is 0 Å². The number of benzene rings is 1. The van der Waals surface area contributed by atoms with Crippen LogP contribution >= 0.6 is 11.8 Å². The van der Waals surface area contributed by atoms with Crippen LogP contribution < -0.4 is 4.74 Å². The van der Waals surface area contributed by atoms with Crippen molar-refractivity contribution in [1.82, 2.24) is 0 Å². The first-order chi connectivity index (χ1) is 10.9. The number of hydrogen-bond acceptors (Lipinski definition) is 2. The van der Waals surface area contributed by atoms with Gasteiger partial charge in [-0.25, -0.2) is 8.78 Å². The molecule has 0 aliphatic heterocycles. The van der Waals surface area contributed by atoms with Gasteiger partial charge in [-0.05, 0) is 53.8 Å². The van der Waals surface area contributed by atoms with Gasteiger partial charge in [-0.3, -0.25) is 0 Å². The lowest BCUT2D eigenvalue weighted by Crippen LogP contribution is -2.12. The molecular weight excluding hydrogens is 358 g/mol. The van der Waals surface area contributed by atoms with E-state index in [0.717, 1.165) is 30.2 Å². The normalized spacial score (nSPS) is 15.9. The zero-order valence-corrected chi connectivity index (χ0v) is 15.3. The minimum Gasteiger partial charge on any atom is -0.489 e. The average molecular weight is 389 g/mol. The van der Waals surface area contributed by atoms with E-state index in [1.807, 2.05) is 23.9 Å². The van der Waals surface area contributed by atoms with E-state index < -0.39 is 5.92 Å². The fourth-order valence-corrected chi connectivity index (χ4v) is 2.92. The van der Waals surface area contributed by atoms with Gasteiger partial charge in [0.25, 0.3) is 5.92 Å². The molecule has 1 aromatic carbocycles. The summed E-state index contributed by atoms with van der Waals surface area (Å²) in [6.07, 6.45) is 9.37. The van der Waals surface area contributed by atoms with E-state index in [4.69, 9.17) is 4.74 Å². The van der Waals surface area contributed by atoms with Crippen molar-refractivity contribution < 1.29 is 24.5 Å². The molecule has 2 rings (SSSR count). The molecule has 26 heavy (non-hydrogen) atoms. The molecule has 0 heterocycles. The lowest BCUT2D eigenvalue weighted by molar-refractivity contribution is 0.0174. The lowest BCUT2D eigenvalue weighted by atomic mass is 9.88. The summed E-state index contributed by atoms with van der Waals surface area (Å²) in [5, 5.41) is 0. The summed E-state index contributed by atoms with van der Waals surface area (Å²) >= 11 is 1.83. The molecule has 0 fully saturated rings. The van der Waals surface area contributed by atoms with E-state index in [1.54, 1.807) is 12.1 Å². The van der Waals surface area contributed by atoms with Crippen molar-refractivity contribution in [3.05, 3.63) is 65.8 Å². The minimum absolute atomic E-state index is 0. The zero-order valence-electron chi connectivity index (χ0n) is 14.5. The number of ether oxygens (including phenoxy) is 1. The maximum atomic E-state index is 13.2. The summed E-state index contributed by atoms with van der Waals surface area (Å²) < 4.78 is 32.1. The number of allylic oxidation sites excluding steroid dienone is 3.